The molecule has 0 aliphatic rings. The van der Waals surface area contributed by atoms with Gasteiger partial charge in [-0.1, -0.05) is 11.6 Å². The van der Waals surface area contributed by atoms with Gasteiger partial charge in [0.2, 0.25) is 0 Å². The number of hydrogen-bond acceptors (Lipinski definition) is 4. The molecule has 0 bridgehead atoms. The van der Waals surface area contributed by atoms with Crippen LogP contribution in [0.25, 0.3) is 0 Å². The van der Waals surface area contributed by atoms with E-state index in [1.165, 1.54) is 24.4 Å². The van der Waals surface area contributed by atoms with E-state index in [1.54, 1.807) is 0 Å². The van der Waals surface area contributed by atoms with Gasteiger partial charge >= 0.3 is 0 Å². The number of hydrogen-bond donors (Lipinski definition) is 2. The van der Waals surface area contributed by atoms with E-state index in [1.807, 2.05) is 22.6 Å². The quantitative estimate of drug-likeness (QED) is 0.476. The lowest BCUT2D eigenvalue weighted by atomic mass is 10.2. The van der Waals surface area contributed by atoms with Gasteiger partial charge < -0.3 is 5.32 Å². The maximum Gasteiger partial charge on any atom is 0.274 e. The number of rotatable bonds is 3. The summed E-state index contributed by atoms with van der Waals surface area (Å²) < 4.78 is 0.636. The van der Waals surface area contributed by atoms with E-state index in [9.17, 15) is 14.9 Å². The van der Waals surface area contributed by atoms with Crippen molar-refractivity contribution in [1.29, 1.82) is 0 Å². The summed E-state index contributed by atoms with van der Waals surface area (Å²) in [6.07, 6.45) is 1.49. The van der Waals surface area contributed by atoms with Gasteiger partial charge in [0.1, 0.15) is 5.69 Å². The van der Waals surface area contributed by atoms with E-state index in [0.29, 0.717) is 3.57 Å². The van der Waals surface area contributed by atoms with Crippen molar-refractivity contribution < 1.29 is 9.72 Å². The van der Waals surface area contributed by atoms with Crippen LogP contribution in [0.3, 0.4) is 0 Å². The Labute approximate surface area is 125 Å². The number of aromatic nitrogens is 2. The van der Waals surface area contributed by atoms with Crippen molar-refractivity contribution in [2.24, 2.45) is 0 Å². The van der Waals surface area contributed by atoms with Gasteiger partial charge in [0.05, 0.1) is 25.4 Å². The molecule has 0 radical (unpaired) electrons. The van der Waals surface area contributed by atoms with Crippen molar-refractivity contribution in [1.82, 2.24) is 10.2 Å². The molecule has 1 amide bonds. The summed E-state index contributed by atoms with van der Waals surface area (Å²) in [7, 11) is 0. The number of carbonyl (C=O) groups is 1. The molecule has 0 aliphatic carbocycles. The molecule has 0 unspecified atom stereocenters. The van der Waals surface area contributed by atoms with Crippen LogP contribution in [0.5, 0.6) is 0 Å². The number of halogens is 2. The Balaban J connectivity index is 2.28. The summed E-state index contributed by atoms with van der Waals surface area (Å²) in [5, 5.41) is 19.6. The summed E-state index contributed by atoms with van der Waals surface area (Å²) in [6, 6.07) is 3.81. The minimum atomic E-state index is -0.564. The number of non-ortho nitro benzene ring substituents is 1. The molecule has 1 aromatic carbocycles. The molecule has 2 rings (SSSR count). The van der Waals surface area contributed by atoms with Gasteiger partial charge in [-0.2, -0.15) is 5.10 Å². The maximum absolute atomic E-state index is 11.9. The number of nitro benzene ring substituents is 1. The normalized spacial score (nSPS) is 10.2. The topological polar surface area (TPSA) is 101 Å². The van der Waals surface area contributed by atoms with Crippen molar-refractivity contribution in [3.63, 3.8) is 0 Å². The van der Waals surface area contributed by atoms with E-state index in [-0.39, 0.29) is 22.1 Å². The lowest BCUT2D eigenvalue weighted by molar-refractivity contribution is -0.384. The smallest absolute Gasteiger partial charge is 0.274 e. The van der Waals surface area contributed by atoms with Gasteiger partial charge in [-0.25, -0.2) is 0 Å². The first-order valence-corrected chi connectivity index (χ1v) is 6.39. The average molecular weight is 393 g/mol. The number of nitro groups is 1. The molecular formula is C10H6ClIN4O3. The molecule has 0 fully saturated rings. The second kappa shape index (κ2) is 5.53. The zero-order valence-electron chi connectivity index (χ0n) is 9.18. The van der Waals surface area contributed by atoms with Crippen molar-refractivity contribution in [3.05, 3.63) is 48.8 Å². The molecule has 2 N–H and O–H groups in total. The molecule has 1 heterocycles. The number of amides is 1. The lowest BCUT2D eigenvalue weighted by Crippen LogP contribution is -2.14. The predicted molar refractivity (Wildman–Crippen MR) is 77.4 cm³/mol. The first kappa shape index (κ1) is 13.7. The van der Waals surface area contributed by atoms with Gasteiger partial charge in [0, 0.05) is 12.1 Å². The zero-order chi connectivity index (χ0) is 14.0. The van der Waals surface area contributed by atoms with E-state index in [2.05, 4.69) is 15.5 Å². The van der Waals surface area contributed by atoms with Crippen LogP contribution in [0.15, 0.2) is 24.4 Å². The van der Waals surface area contributed by atoms with Crippen molar-refractivity contribution in [3.8, 4) is 0 Å². The van der Waals surface area contributed by atoms with Crippen molar-refractivity contribution >= 4 is 51.5 Å². The number of H-pyrrole nitrogens is 1. The third-order valence-corrected chi connectivity index (χ3v) is 3.38. The molecule has 98 valence electrons. The van der Waals surface area contributed by atoms with E-state index in [0.717, 1.165) is 0 Å². The highest BCUT2D eigenvalue weighted by Gasteiger charge is 2.16. The van der Waals surface area contributed by atoms with Crippen LogP contribution >= 0.6 is 34.2 Å². The Morgan fingerprint density at radius 3 is 2.84 bits per heavy atom. The first-order valence-electron chi connectivity index (χ1n) is 4.93. The zero-order valence-corrected chi connectivity index (χ0v) is 12.1. The largest absolute Gasteiger partial charge is 0.319 e. The maximum atomic E-state index is 11.9. The van der Waals surface area contributed by atoms with Crippen LogP contribution in [-0.2, 0) is 0 Å². The molecule has 0 atom stereocenters. The van der Waals surface area contributed by atoms with Crippen LogP contribution in [-0.4, -0.2) is 21.0 Å². The molecule has 7 nitrogen and oxygen atoms in total. The summed E-state index contributed by atoms with van der Waals surface area (Å²) in [5.41, 5.74) is 0.286. The average Bonchev–Trinajstić information content (AvgIpc) is 2.78. The number of benzene rings is 1. The van der Waals surface area contributed by atoms with Crippen LogP contribution in [0.2, 0.25) is 5.02 Å². The second-order valence-corrected chi connectivity index (χ2v) is 5.04. The van der Waals surface area contributed by atoms with Crippen LogP contribution in [0.1, 0.15) is 10.5 Å². The third-order valence-electron chi connectivity index (χ3n) is 2.23. The van der Waals surface area contributed by atoms with Crippen molar-refractivity contribution in [2.75, 3.05) is 5.32 Å². The van der Waals surface area contributed by atoms with Gasteiger partial charge in [-0.3, -0.25) is 20.0 Å². The number of carbonyl (C=O) groups excluding carboxylic acids is 1. The Bertz CT molecular complexity index is 658. The van der Waals surface area contributed by atoms with E-state index in [4.69, 9.17) is 11.6 Å². The molecule has 0 saturated carbocycles. The molecule has 2 aromatic rings. The fourth-order valence-electron chi connectivity index (χ4n) is 1.34. The molecule has 0 saturated heterocycles. The van der Waals surface area contributed by atoms with Crippen LogP contribution in [0.4, 0.5) is 11.4 Å². The number of nitrogens with one attached hydrogen (secondary N) is 2. The van der Waals surface area contributed by atoms with E-state index < -0.39 is 10.8 Å². The summed E-state index contributed by atoms with van der Waals surface area (Å²) >= 11 is 7.82. The van der Waals surface area contributed by atoms with Gasteiger partial charge in [-0.05, 0) is 28.7 Å². The monoisotopic (exact) mass is 392 g/mol. The Kier molecular flexibility index (Phi) is 4.00. The van der Waals surface area contributed by atoms with Crippen molar-refractivity contribution in [2.45, 2.75) is 0 Å². The molecular weight excluding hydrogens is 386 g/mol. The fraction of sp³-hybridized carbons (Fsp3) is 0. The summed E-state index contributed by atoms with van der Waals surface area (Å²) in [5.74, 6) is -0.468. The predicted octanol–water partition coefficient (Wildman–Crippen LogP) is 2.83. The van der Waals surface area contributed by atoms with Crippen LogP contribution < -0.4 is 5.32 Å². The SMILES string of the molecule is O=C(Nc1cc([N+](=O)[O-])ccc1Cl)c1[nH]ncc1I. The molecule has 0 spiro atoms. The summed E-state index contributed by atoms with van der Waals surface area (Å²) in [4.78, 5) is 22.0. The van der Waals surface area contributed by atoms with Crippen LogP contribution in [0, 0.1) is 13.7 Å². The minimum absolute atomic E-state index is 0.154. The molecule has 19 heavy (non-hydrogen) atoms. The van der Waals surface area contributed by atoms with Gasteiger partial charge in [0.15, 0.2) is 0 Å². The lowest BCUT2D eigenvalue weighted by Gasteiger charge is -2.06. The third kappa shape index (κ3) is 3.01. The van der Waals surface area contributed by atoms with E-state index >= 15 is 0 Å². The standard InChI is InChI=1S/C10H6ClIN4O3/c11-6-2-1-5(16(18)19)3-8(6)14-10(17)9-7(12)4-13-15-9/h1-4H,(H,13,15)(H,14,17). The fourth-order valence-corrected chi connectivity index (χ4v) is 2.01. The van der Waals surface area contributed by atoms with Gasteiger partial charge in [-0.15, -0.1) is 0 Å². The number of aromatic amines is 1. The second-order valence-electron chi connectivity index (χ2n) is 3.47. The van der Waals surface area contributed by atoms with Gasteiger partial charge in [0.25, 0.3) is 11.6 Å². The highest BCUT2D eigenvalue weighted by atomic mass is 127. The molecule has 9 heteroatoms. The molecule has 1 aromatic heterocycles. The first-order chi connectivity index (χ1) is 8.99. The number of nitrogens with zero attached hydrogens (tertiary/aromatic N) is 2. The Hall–Kier alpha value is -1.68. The highest BCUT2D eigenvalue weighted by Crippen LogP contribution is 2.27. The summed E-state index contributed by atoms with van der Waals surface area (Å²) in [6.45, 7) is 0. The Morgan fingerprint density at radius 1 is 1.53 bits per heavy atom. The highest BCUT2D eigenvalue weighted by molar-refractivity contribution is 14.1. The molecule has 0 aliphatic heterocycles. The number of anilines is 1. The minimum Gasteiger partial charge on any atom is -0.319 e. The Morgan fingerprint density at radius 2 is 2.26 bits per heavy atom.